The van der Waals surface area contributed by atoms with Crippen LogP contribution in [0.4, 0.5) is 0 Å². The standard InChI is InChI=1S/C10H19N3/c1-4-11-7-5-10-6-8-13(12-10)9(2)3/h6,8-9,11H,4-5,7H2,1-3H3. The minimum absolute atomic E-state index is 0.466. The Bertz CT molecular complexity index is 240. The Hall–Kier alpha value is -0.830. The molecular weight excluding hydrogens is 162 g/mol. The zero-order chi connectivity index (χ0) is 9.68. The maximum atomic E-state index is 4.46. The van der Waals surface area contributed by atoms with Crippen molar-refractivity contribution in [1.82, 2.24) is 15.1 Å². The van der Waals surface area contributed by atoms with Crippen LogP contribution in [0.15, 0.2) is 12.3 Å². The number of nitrogens with zero attached hydrogens (tertiary/aromatic N) is 2. The van der Waals surface area contributed by atoms with Crippen LogP contribution >= 0.6 is 0 Å². The fraction of sp³-hybridized carbons (Fsp3) is 0.700. The molecule has 0 aromatic carbocycles. The van der Waals surface area contributed by atoms with Crippen LogP contribution in [-0.4, -0.2) is 22.9 Å². The van der Waals surface area contributed by atoms with Crippen molar-refractivity contribution in [3.05, 3.63) is 18.0 Å². The van der Waals surface area contributed by atoms with Gasteiger partial charge in [0.1, 0.15) is 0 Å². The molecule has 0 amide bonds. The number of rotatable bonds is 5. The second-order valence-electron chi connectivity index (χ2n) is 3.48. The highest BCUT2D eigenvalue weighted by Gasteiger charge is 2.00. The van der Waals surface area contributed by atoms with Gasteiger partial charge in [-0.3, -0.25) is 4.68 Å². The van der Waals surface area contributed by atoms with Crippen LogP contribution in [0.3, 0.4) is 0 Å². The van der Waals surface area contributed by atoms with Crippen molar-refractivity contribution in [3.8, 4) is 0 Å². The van der Waals surface area contributed by atoms with Crippen LogP contribution < -0.4 is 5.32 Å². The maximum absolute atomic E-state index is 4.46. The summed E-state index contributed by atoms with van der Waals surface area (Å²) in [6, 6.07) is 2.56. The smallest absolute Gasteiger partial charge is 0.0637 e. The lowest BCUT2D eigenvalue weighted by Gasteiger charge is -2.03. The highest BCUT2D eigenvalue weighted by molar-refractivity contribution is 4.99. The first kappa shape index (κ1) is 10.3. The summed E-state index contributed by atoms with van der Waals surface area (Å²) >= 11 is 0. The van der Waals surface area contributed by atoms with Gasteiger partial charge in [0.25, 0.3) is 0 Å². The lowest BCUT2D eigenvalue weighted by molar-refractivity contribution is 0.525. The summed E-state index contributed by atoms with van der Waals surface area (Å²) in [6.07, 6.45) is 3.07. The normalized spacial score (nSPS) is 11.1. The first-order valence-corrected chi connectivity index (χ1v) is 4.98. The first-order valence-electron chi connectivity index (χ1n) is 4.98. The SMILES string of the molecule is CCNCCc1ccn(C(C)C)n1. The van der Waals surface area contributed by atoms with Crippen LogP contribution in [-0.2, 0) is 6.42 Å². The van der Waals surface area contributed by atoms with Crippen molar-refractivity contribution in [1.29, 1.82) is 0 Å². The monoisotopic (exact) mass is 181 g/mol. The number of hydrogen-bond acceptors (Lipinski definition) is 2. The van der Waals surface area contributed by atoms with Crippen LogP contribution in [0.1, 0.15) is 32.5 Å². The van der Waals surface area contributed by atoms with E-state index in [1.54, 1.807) is 0 Å². The largest absolute Gasteiger partial charge is 0.317 e. The summed E-state index contributed by atoms with van der Waals surface area (Å²) in [5.74, 6) is 0. The molecule has 0 unspecified atom stereocenters. The van der Waals surface area contributed by atoms with Gasteiger partial charge >= 0.3 is 0 Å². The van der Waals surface area contributed by atoms with E-state index in [0.717, 1.165) is 19.5 Å². The molecule has 1 rings (SSSR count). The summed E-state index contributed by atoms with van der Waals surface area (Å²) in [4.78, 5) is 0. The molecule has 13 heavy (non-hydrogen) atoms. The van der Waals surface area contributed by atoms with Gasteiger partial charge in [-0.05, 0) is 26.5 Å². The molecule has 1 N–H and O–H groups in total. The fourth-order valence-corrected chi connectivity index (χ4v) is 1.19. The van der Waals surface area contributed by atoms with E-state index in [4.69, 9.17) is 0 Å². The maximum Gasteiger partial charge on any atom is 0.0637 e. The third-order valence-corrected chi connectivity index (χ3v) is 2.00. The molecule has 3 nitrogen and oxygen atoms in total. The van der Waals surface area contributed by atoms with E-state index < -0.39 is 0 Å². The van der Waals surface area contributed by atoms with Gasteiger partial charge in [0.05, 0.1) is 5.69 Å². The summed E-state index contributed by atoms with van der Waals surface area (Å²) in [5.41, 5.74) is 1.18. The van der Waals surface area contributed by atoms with Crippen molar-refractivity contribution in [2.75, 3.05) is 13.1 Å². The summed E-state index contributed by atoms with van der Waals surface area (Å²) in [6.45, 7) is 8.45. The third kappa shape index (κ3) is 3.19. The van der Waals surface area contributed by atoms with Gasteiger partial charge in [-0.1, -0.05) is 6.92 Å². The van der Waals surface area contributed by atoms with E-state index in [0.29, 0.717) is 6.04 Å². The van der Waals surface area contributed by atoms with Crippen molar-refractivity contribution in [2.24, 2.45) is 0 Å². The molecule has 0 aliphatic carbocycles. The Morgan fingerprint density at radius 1 is 1.54 bits per heavy atom. The molecular formula is C10H19N3. The Labute approximate surface area is 80.1 Å². The molecule has 0 bridgehead atoms. The molecule has 0 radical (unpaired) electrons. The summed E-state index contributed by atoms with van der Waals surface area (Å²) < 4.78 is 2.00. The number of hydrogen-bond donors (Lipinski definition) is 1. The number of aromatic nitrogens is 2. The Morgan fingerprint density at radius 3 is 2.85 bits per heavy atom. The van der Waals surface area contributed by atoms with Gasteiger partial charge < -0.3 is 5.32 Å². The molecule has 1 aromatic rings. The minimum Gasteiger partial charge on any atom is -0.317 e. The van der Waals surface area contributed by atoms with Crippen LogP contribution in [0.2, 0.25) is 0 Å². The highest BCUT2D eigenvalue weighted by atomic mass is 15.3. The van der Waals surface area contributed by atoms with Gasteiger partial charge in [-0.25, -0.2) is 0 Å². The van der Waals surface area contributed by atoms with Gasteiger partial charge in [0.2, 0.25) is 0 Å². The van der Waals surface area contributed by atoms with Gasteiger partial charge in [-0.2, -0.15) is 5.10 Å². The van der Waals surface area contributed by atoms with Crippen molar-refractivity contribution >= 4 is 0 Å². The molecule has 0 aliphatic heterocycles. The Kier molecular flexibility index (Phi) is 3.96. The predicted octanol–water partition coefficient (Wildman–Crippen LogP) is 1.62. The molecule has 0 atom stereocenters. The Balaban J connectivity index is 2.40. The quantitative estimate of drug-likeness (QED) is 0.699. The van der Waals surface area contributed by atoms with E-state index in [1.807, 2.05) is 10.9 Å². The molecule has 0 aliphatic rings. The van der Waals surface area contributed by atoms with Gasteiger partial charge in [0.15, 0.2) is 0 Å². The van der Waals surface area contributed by atoms with Crippen molar-refractivity contribution in [3.63, 3.8) is 0 Å². The van der Waals surface area contributed by atoms with Crippen LogP contribution in [0.5, 0.6) is 0 Å². The number of nitrogens with one attached hydrogen (secondary N) is 1. The topological polar surface area (TPSA) is 29.9 Å². The van der Waals surface area contributed by atoms with E-state index in [2.05, 4.69) is 37.3 Å². The lowest BCUT2D eigenvalue weighted by atomic mass is 10.3. The molecule has 0 saturated heterocycles. The minimum atomic E-state index is 0.466. The zero-order valence-corrected chi connectivity index (χ0v) is 8.75. The second-order valence-corrected chi connectivity index (χ2v) is 3.48. The molecule has 0 fully saturated rings. The third-order valence-electron chi connectivity index (χ3n) is 2.00. The highest BCUT2D eigenvalue weighted by Crippen LogP contribution is 2.03. The van der Waals surface area contributed by atoms with E-state index in [1.165, 1.54) is 5.69 Å². The summed E-state index contributed by atoms with van der Waals surface area (Å²) in [5, 5.41) is 7.74. The average molecular weight is 181 g/mol. The van der Waals surface area contributed by atoms with E-state index in [9.17, 15) is 0 Å². The average Bonchev–Trinajstić information content (AvgIpc) is 2.53. The van der Waals surface area contributed by atoms with Crippen molar-refractivity contribution in [2.45, 2.75) is 33.2 Å². The molecule has 1 aromatic heterocycles. The first-order chi connectivity index (χ1) is 6.24. The molecule has 74 valence electrons. The zero-order valence-electron chi connectivity index (χ0n) is 8.75. The molecule has 0 saturated carbocycles. The lowest BCUT2D eigenvalue weighted by Crippen LogP contribution is -2.16. The van der Waals surface area contributed by atoms with Crippen molar-refractivity contribution < 1.29 is 0 Å². The van der Waals surface area contributed by atoms with E-state index >= 15 is 0 Å². The Morgan fingerprint density at radius 2 is 2.31 bits per heavy atom. The van der Waals surface area contributed by atoms with Gasteiger partial charge in [-0.15, -0.1) is 0 Å². The fourth-order valence-electron chi connectivity index (χ4n) is 1.19. The molecule has 0 spiro atoms. The molecule has 3 heteroatoms. The molecule has 1 heterocycles. The number of likely N-dealkylation sites (N-methyl/N-ethyl adjacent to an activating group) is 1. The van der Waals surface area contributed by atoms with Crippen LogP contribution in [0, 0.1) is 0 Å². The van der Waals surface area contributed by atoms with E-state index in [-0.39, 0.29) is 0 Å². The predicted molar refractivity (Wildman–Crippen MR) is 54.9 cm³/mol. The summed E-state index contributed by atoms with van der Waals surface area (Å²) in [7, 11) is 0. The van der Waals surface area contributed by atoms with Gasteiger partial charge in [0, 0.05) is 25.2 Å². The van der Waals surface area contributed by atoms with Crippen LogP contribution in [0.25, 0.3) is 0 Å². The second kappa shape index (κ2) is 5.02.